The summed E-state index contributed by atoms with van der Waals surface area (Å²) in [7, 11) is -3.15. The van der Waals surface area contributed by atoms with Gasteiger partial charge in [0.2, 0.25) is 0 Å². The molecule has 4 heteroatoms. The molecule has 1 aliphatic heterocycles. The number of aryl methyl sites for hydroxylation is 2. The Morgan fingerprint density at radius 3 is 2.65 bits per heavy atom. The van der Waals surface area contributed by atoms with Crippen molar-refractivity contribution in [3.63, 3.8) is 0 Å². The Balaban J connectivity index is 2.21. The summed E-state index contributed by atoms with van der Waals surface area (Å²) in [6.07, 6.45) is 2.04. The zero-order valence-electron chi connectivity index (χ0n) is 10.4. The Kier molecular flexibility index (Phi) is 3.54. The van der Waals surface area contributed by atoms with Gasteiger partial charge in [0, 0.05) is 6.04 Å². The van der Waals surface area contributed by atoms with Crippen LogP contribution in [0, 0.1) is 13.8 Å². The molecule has 1 saturated heterocycles. The minimum Gasteiger partial charge on any atom is -0.313 e. The van der Waals surface area contributed by atoms with Crippen LogP contribution in [0.2, 0.25) is 0 Å². The summed E-state index contributed by atoms with van der Waals surface area (Å²) in [6, 6.07) is 5.50. The van der Waals surface area contributed by atoms with E-state index >= 15 is 0 Å². The molecule has 1 heterocycles. The first-order valence-corrected chi connectivity index (χ1v) is 7.68. The molecule has 0 bridgehead atoms. The lowest BCUT2D eigenvalue weighted by Crippen LogP contribution is -2.29. The molecule has 1 fully saturated rings. The fourth-order valence-corrected chi connectivity index (χ4v) is 3.81. The van der Waals surface area contributed by atoms with E-state index in [1.54, 1.807) is 12.1 Å². The molecule has 17 heavy (non-hydrogen) atoms. The van der Waals surface area contributed by atoms with E-state index in [1.807, 2.05) is 19.9 Å². The van der Waals surface area contributed by atoms with Crippen molar-refractivity contribution in [3.8, 4) is 0 Å². The third-order valence-electron chi connectivity index (χ3n) is 3.42. The molecule has 1 N–H and O–H groups in total. The molecule has 1 aromatic carbocycles. The van der Waals surface area contributed by atoms with E-state index in [1.165, 1.54) is 0 Å². The average Bonchev–Trinajstić information content (AvgIpc) is 2.73. The number of nitrogens with one attached hydrogen (secondary N) is 1. The van der Waals surface area contributed by atoms with Crippen LogP contribution >= 0.6 is 0 Å². The first-order valence-electron chi connectivity index (χ1n) is 6.02. The minimum atomic E-state index is -3.15. The summed E-state index contributed by atoms with van der Waals surface area (Å²) in [5.41, 5.74) is 2.16. The highest BCUT2D eigenvalue weighted by Crippen LogP contribution is 2.18. The van der Waals surface area contributed by atoms with Crippen LogP contribution in [0.15, 0.2) is 23.1 Å². The molecule has 1 aliphatic rings. The summed E-state index contributed by atoms with van der Waals surface area (Å²) in [5.74, 6) is 0.218. The number of hydrogen-bond donors (Lipinski definition) is 1. The van der Waals surface area contributed by atoms with Crippen molar-refractivity contribution < 1.29 is 8.42 Å². The van der Waals surface area contributed by atoms with Crippen molar-refractivity contribution >= 4 is 9.84 Å². The molecule has 0 spiro atoms. The van der Waals surface area contributed by atoms with Crippen LogP contribution in [0.4, 0.5) is 0 Å². The second-order valence-corrected chi connectivity index (χ2v) is 6.85. The second kappa shape index (κ2) is 4.78. The SMILES string of the molecule is Cc1ccc(S(=O)(=O)C[C@@H]2CCCN2)cc1C. The lowest BCUT2D eigenvalue weighted by molar-refractivity contribution is 0.577. The largest absolute Gasteiger partial charge is 0.313 e. The van der Waals surface area contributed by atoms with Gasteiger partial charge in [-0.3, -0.25) is 0 Å². The maximum Gasteiger partial charge on any atom is 0.179 e. The Morgan fingerprint density at radius 2 is 2.06 bits per heavy atom. The van der Waals surface area contributed by atoms with Gasteiger partial charge in [0.25, 0.3) is 0 Å². The van der Waals surface area contributed by atoms with E-state index in [0.29, 0.717) is 4.90 Å². The topological polar surface area (TPSA) is 46.2 Å². The molecule has 0 saturated carbocycles. The van der Waals surface area contributed by atoms with Gasteiger partial charge in [0.1, 0.15) is 0 Å². The quantitative estimate of drug-likeness (QED) is 0.894. The predicted octanol–water partition coefficient (Wildman–Crippen LogP) is 1.83. The average molecular weight is 253 g/mol. The van der Waals surface area contributed by atoms with Crippen LogP contribution in [-0.2, 0) is 9.84 Å². The van der Waals surface area contributed by atoms with Crippen molar-refractivity contribution in [3.05, 3.63) is 29.3 Å². The zero-order chi connectivity index (χ0) is 12.5. The molecule has 0 unspecified atom stereocenters. The highest BCUT2D eigenvalue weighted by atomic mass is 32.2. The highest BCUT2D eigenvalue weighted by Gasteiger charge is 2.23. The van der Waals surface area contributed by atoms with Gasteiger partial charge in [-0.25, -0.2) is 8.42 Å². The molecular weight excluding hydrogens is 234 g/mol. The van der Waals surface area contributed by atoms with Gasteiger partial charge >= 0.3 is 0 Å². The minimum absolute atomic E-state index is 0.126. The van der Waals surface area contributed by atoms with Crippen molar-refractivity contribution in [2.24, 2.45) is 0 Å². The lowest BCUT2D eigenvalue weighted by atomic mass is 10.1. The summed E-state index contributed by atoms with van der Waals surface area (Å²) >= 11 is 0. The van der Waals surface area contributed by atoms with Crippen LogP contribution in [0.3, 0.4) is 0 Å². The summed E-state index contributed by atoms with van der Waals surface area (Å²) < 4.78 is 24.4. The van der Waals surface area contributed by atoms with Crippen molar-refractivity contribution in [2.75, 3.05) is 12.3 Å². The van der Waals surface area contributed by atoms with Crippen molar-refractivity contribution in [2.45, 2.75) is 37.6 Å². The van der Waals surface area contributed by atoms with Crippen molar-refractivity contribution in [1.82, 2.24) is 5.32 Å². The normalized spacial score (nSPS) is 20.7. The second-order valence-electron chi connectivity index (χ2n) is 4.82. The molecule has 0 aromatic heterocycles. The predicted molar refractivity (Wildman–Crippen MR) is 69.0 cm³/mol. The zero-order valence-corrected chi connectivity index (χ0v) is 11.2. The fraction of sp³-hybridized carbons (Fsp3) is 0.538. The number of benzene rings is 1. The molecule has 0 amide bonds. The van der Waals surface area contributed by atoms with Crippen LogP contribution < -0.4 is 5.32 Å². The van der Waals surface area contributed by atoms with E-state index in [4.69, 9.17) is 0 Å². The Bertz CT molecular complexity index is 502. The Labute approximate surface area is 103 Å². The summed E-state index contributed by atoms with van der Waals surface area (Å²) in [5, 5.41) is 3.23. The monoisotopic (exact) mass is 253 g/mol. The smallest absolute Gasteiger partial charge is 0.179 e. The van der Waals surface area contributed by atoms with Gasteiger partial charge in [-0.2, -0.15) is 0 Å². The number of sulfone groups is 1. The maximum atomic E-state index is 12.2. The van der Waals surface area contributed by atoms with Gasteiger partial charge < -0.3 is 5.32 Å². The van der Waals surface area contributed by atoms with Crippen LogP contribution in [0.1, 0.15) is 24.0 Å². The third-order valence-corrected chi connectivity index (χ3v) is 5.23. The number of hydrogen-bond acceptors (Lipinski definition) is 3. The summed E-state index contributed by atoms with van der Waals surface area (Å²) in [6.45, 7) is 4.87. The molecule has 1 aromatic rings. The first-order chi connectivity index (χ1) is 7.99. The Morgan fingerprint density at radius 1 is 1.29 bits per heavy atom. The number of rotatable bonds is 3. The van der Waals surface area contributed by atoms with Crippen LogP contribution in [0.25, 0.3) is 0 Å². The third kappa shape index (κ3) is 2.87. The van der Waals surface area contributed by atoms with E-state index in [9.17, 15) is 8.42 Å². The molecule has 94 valence electrons. The van der Waals surface area contributed by atoms with E-state index in [-0.39, 0.29) is 11.8 Å². The fourth-order valence-electron chi connectivity index (χ4n) is 2.17. The van der Waals surface area contributed by atoms with E-state index in [0.717, 1.165) is 30.5 Å². The molecule has 2 rings (SSSR count). The highest BCUT2D eigenvalue weighted by molar-refractivity contribution is 7.91. The van der Waals surface area contributed by atoms with Gasteiger partial charge in [0.05, 0.1) is 10.6 Å². The first kappa shape index (κ1) is 12.6. The van der Waals surface area contributed by atoms with Gasteiger partial charge in [-0.1, -0.05) is 6.07 Å². The standard InChI is InChI=1S/C13H19NO2S/c1-10-5-6-13(8-11(10)2)17(15,16)9-12-4-3-7-14-12/h5-6,8,12,14H,3-4,7,9H2,1-2H3/t12-/m0/s1. The van der Waals surface area contributed by atoms with Gasteiger partial charge in [0.15, 0.2) is 9.84 Å². The van der Waals surface area contributed by atoms with Crippen molar-refractivity contribution in [1.29, 1.82) is 0 Å². The molecule has 1 atom stereocenters. The Hall–Kier alpha value is -0.870. The lowest BCUT2D eigenvalue weighted by Gasteiger charge is -2.12. The maximum absolute atomic E-state index is 12.2. The van der Waals surface area contributed by atoms with E-state index in [2.05, 4.69) is 5.32 Å². The molecule has 0 radical (unpaired) electrons. The molecule has 3 nitrogen and oxygen atoms in total. The molecular formula is C13H19NO2S. The van der Waals surface area contributed by atoms with Gasteiger partial charge in [-0.05, 0) is 56.5 Å². The molecule has 0 aliphatic carbocycles. The summed E-state index contributed by atoms with van der Waals surface area (Å²) in [4.78, 5) is 0.453. The van der Waals surface area contributed by atoms with E-state index < -0.39 is 9.84 Å². The van der Waals surface area contributed by atoms with Gasteiger partial charge in [-0.15, -0.1) is 0 Å². The van der Waals surface area contributed by atoms with Crippen LogP contribution in [0.5, 0.6) is 0 Å². The van der Waals surface area contributed by atoms with Crippen LogP contribution in [-0.4, -0.2) is 26.8 Å².